The van der Waals surface area contributed by atoms with E-state index in [0.717, 1.165) is 4.88 Å². The van der Waals surface area contributed by atoms with Crippen molar-refractivity contribution in [1.82, 2.24) is 14.7 Å². The van der Waals surface area contributed by atoms with Gasteiger partial charge in [0.1, 0.15) is 5.69 Å². The second-order valence-corrected chi connectivity index (χ2v) is 6.07. The summed E-state index contributed by atoms with van der Waals surface area (Å²) in [6, 6.07) is 3.84. The monoisotopic (exact) mass is 305 g/mol. The first-order valence-corrected chi connectivity index (χ1v) is 7.54. The predicted molar refractivity (Wildman–Crippen MR) is 78.2 cm³/mol. The summed E-state index contributed by atoms with van der Waals surface area (Å²) in [5, 5.41) is 15.3. The van der Waals surface area contributed by atoms with Crippen LogP contribution in [0.3, 0.4) is 0 Å². The number of nitrogens with zero attached hydrogens (tertiary/aromatic N) is 3. The average molecular weight is 305 g/mol. The summed E-state index contributed by atoms with van der Waals surface area (Å²) in [5.41, 5.74) is 1.20. The molecule has 21 heavy (non-hydrogen) atoms. The third-order valence-electron chi connectivity index (χ3n) is 3.64. The fraction of sp³-hybridized carbons (Fsp3) is 0.357. The highest BCUT2D eigenvalue weighted by molar-refractivity contribution is 7.13. The second-order valence-electron chi connectivity index (χ2n) is 5.12. The molecule has 1 amide bonds. The number of carbonyl (C=O) groups excluding carboxylic acids is 1. The van der Waals surface area contributed by atoms with E-state index in [-0.39, 0.29) is 12.5 Å². The quantitative estimate of drug-likeness (QED) is 0.936. The Hall–Kier alpha value is -2.15. The van der Waals surface area contributed by atoms with E-state index in [1.807, 2.05) is 17.5 Å². The predicted octanol–water partition coefficient (Wildman–Crippen LogP) is 1.70. The van der Waals surface area contributed by atoms with Gasteiger partial charge in [-0.25, -0.2) is 0 Å². The number of carboxylic acids is 1. The maximum Gasteiger partial charge on any atom is 0.308 e. The molecule has 7 heteroatoms. The summed E-state index contributed by atoms with van der Waals surface area (Å²) in [6.07, 6.45) is 2.21. The number of amides is 1. The molecule has 2 aromatic rings. The van der Waals surface area contributed by atoms with Crippen LogP contribution in [0.1, 0.15) is 16.8 Å². The van der Waals surface area contributed by atoms with E-state index in [9.17, 15) is 9.59 Å². The van der Waals surface area contributed by atoms with Gasteiger partial charge in [0.05, 0.1) is 16.4 Å². The smallest absolute Gasteiger partial charge is 0.308 e. The van der Waals surface area contributed by atoms with Gasteiger partial charge in [0.2, 0.25) is 0 Å². The lowest BCUT2D eigenvalue weighted by atomic mass is 10.1. The first-order valence-electron chi connectivity index (χ1n) is 6.66. The normalized spacial score (nSPS) is 18.1. The van der Waals surface area contributed by atoms with Gasteiger partial charge in [0.15, 0.2) is 0 Å². The van der Waals surface area contributed by atoms with Crippen LogP contribution in [0.25, 0.3) is 10.6 Å². The van der Waals surface area contributed by atoms with E-state index in [0.29, 0.717) is 24.2 Å². The van der Waals surface area contributed by atoms with Gasteiger partial charge in [0.25, 0.3) is 5.91 Å². The zero-order chi connectivity index (χ0) is 15.0. The van der Waals surface area contributed by atoms with Gasteiger partial charge in [-0.15, -0.1) is 11.3 Å². The number of thiophene rings is 1. The molecule has 3 heterocycles. The van der Waals surface area contributed by atoms with Crippen LogP contribution in [0.5, 0.6) is 0 Å². The first-order chi connectivity index (χ1) is 10.1. The van der Waals surface area contributed by atoms with E-state index < -0.39 is 11.9 Å². The molecular weight excluding hydrogens is 290 g/mol. The molecule has 1 aliphatic rings. The Labute approximate surface area is 125 Å². The number of aliphatic carboxylic acids is 1. The number of hydrogen-bond donors (Lipinski definition) is 1. The highest BCUT2D eigenvalue weighted by Crippen LogP contribution is 2.28. The van der Waals surface area contributed by atoms with E-state index in [4.69, 9.17) is 5.11 Å². The molecule has 0 bridgehead atoms. The van der Waals surface area contributed by atoms with E-state index in [1.54, 1.807) is 22.8 Å². The van der Waals surface area contributed by atoms with Crippen LogP contribution in [0.15, 0.2) is 23.7 Å². The van der Waals surface area contributed by atoms with Crippen molar-refractivity contribution in [2.75, 3.05) is 13.1 Å². The van der Waals surface area contributed by atoms with E-state index in [2.05, 4.69) is 5.10 Å². The van der Waals surface area contributed by atoms with Crippen molar-refractivity contribution in [3.8, 4) is 10.6 Å². The zero-order valence-electron chi connectivity index (χ0n) is 11.5. The first kappa shape index (κ1) is 13.8. The highest BCUT2D eigenvalue weighted by atomic mass is 32.1. The second kappa shape index (κ2) is 5.33. The molecule has 1 fully saturated rings. The fourth-order valence-corrected chi connectivity index (χ4v) is 3.28. The summed E-state index contributed by atoms with van der Waals surface area (Å²) < 4.78 is 1.62. The van der Waals surface area contributed by atoms with Crippen LogP contribution in [-0.4, -0.2) is 44.8 Å². The molecule has 1 atom stereocenters. The van der Waals surface area contributed by atoms with Gasteiger partial charge in [-0.2, -0.15) is 5.10 Å². The fourth-order valence-electron chi connectivity index (χ4n) is 2.56. The molecule has 1 N–H and O–H groups in total. The van der Waals surface area contributed by atoms with E-state index in [1.165, 1.54) is 11.3 Å². The number of aryl methyl sites for hydroxylation is 1. The molecule has 3 rings (SSSR count). The molecule has 110 valence electrons. The van der Waals surface area contributed by atoms with Crippen molar-refractivity contribution in [2.24, 2.45) is 13.0 Å². The molecule has 2 aromatic heterocycles. The Morgan fingerprint density at radius 2 is 2.29 bits per heavy atom. The Balaban J connectivity index is 1.88. The van der Waals surface area contributed by atoms with Crippen molar-refractivity contribution in [1.29, 1.82) is 0 Å². The minimum absolute atomic E-state index is 0.143. The largest absolute Gasteiger partial charge is 0.481 e. The number of hydrogen-bond acceptors (Lipinski definition) is 4. The number of likely N-dealkylation sites (tertiary alicyclic amines) is 1. The van der Waals surface area contributed by atoms with Crippen molar-refractivity contribution >= 4 is 23.2 Å². The van der Waals surface area contributed by atoms with Gasteiger partial charge in [-0.3, -0.25) is 14.3 Å². The number of aromatic nitrogens is 2. The lowest BCUT2D eigenvalue weighted by Crippen LogP contribution is -2.30. The highest BCUT2D eigenvalue weighted by Gasteiger charge is 2.33. The van der Waals surface area contributed by atoms with Crippen molar-refractivity contribution < 1.29 is 14.7 Å². The summed E-state index contributed by atoms with van der Waals surface area (Å²) >= 11 is 1.53. The molecule has 6 nitrogen and oxygen atoms in total. The summed E-state index contributed by atoms with van der Waals surface area (Å²) in [7, 11) is 1.78. The zero-order valence-corrected chi connectivity index (χ0v) is 12.3. The van der Waals surface area contributed by atoms with Crippen LogP contribution >= 0.6 is 11.3 Å². The van der Waals surface area contributed by atoms with Crippen LogP contribution in [0, 0.1) is 5.92 Å². The summed E-state index contributed by atoms with van der Waals surface area (Å²) in [6.45, 7) is 0.752. The Kier molecular flexibility index (Phi) is 3.50. The van der Waals surface area contributed by atoms with Crippen LogP contribution < -0.4 is 0 Å². The molecule has 0 spiro atoms. The Bertz CT molecular complexity index is 678. The average Bonchev–Trinajstić information content (AvgIpc) is 3.17. The third kappa shape index (κ3) is 2.56. The summed E-state index contributed by atoms with van der Waals surface area (Å²) in [5.74, 6) is -1.44. The third-order valence-corrected chi connectivity index (χ3v) is 4.52. The molecule has 0 aliphatic carbocycles. The van der Waals surface area contributed by atoms with Crippen LogP contribution in [0.4, 0.5) is 0 Å². The minimum Gasteiger partial charge on any atom is -0.481 e. The molecule has 1 saturated heterocycles. The molecular formula is C14H15N3O3S. The molecule has 1 unspecified atom stereocenters. The molecule has 0 saturated carbocycles. The van der Waals surface area contributed by atoms with E-state index >= 15 is 0 Å². The van der Waals surface area contributed by atoms with Crippen molar-refractivity contribution in [3.63, 3.8) is 0 Å². The lowest BCUT2D eigenvalue weighted by molar-refractivity contribution is -0.141. The van der Waals surface area contributed by atoms with Crippen LogP contribution in [-0.2, 0) is 11.8 Å². The van der Waals surface area contributed by atoms with Crippen molar-refractivity contribution in [2.45, 2.75) is 6.42 Å². The Morgan fingerprint density at radius 3 is 2.90 bits per heavy atom. The van der Waals surface area contributed by atoms with Crippen molar-refractivity contribution in [3.05, 3.63) is 29.3 Å². The molecule has 1 aliphatic heterocycles. The van der Waals surface area contributed by atoms with Gasteiger partial charge < -0.3 is 10.0 Å². The number of carbonyl (C=O) groups is 2. The van der Waals surface area contributed by atoms with Crippen LogP contribution in [0.2, 0.25) is 0 Å². The van der Waals surface area contributed by atoms with Gasteiger partial charge in [0, 0.05) is 26.3 Å². The van der Waals surface area contributed by atoms with Gasteiger partial charge in [-0.1, -0.05) is 6.07 Å². The lowest BCUT2D eigenvalue weighted by Gasteiger charge is -2.15. The number of carboxylic acid groups (broad SMARTS) is 1. The maximum absolute atomic E-state index is 12.6. The summed E-state index contributed by atoms with van der Waals surface area (Å²) in [4.78, 5) is 26.2. The molecule has 0 radical (unpaired) electrons. The topological polar surface area (TPSA) is 75.4 Å². The number of rotatable bonds is 3. The molecule has 0 aromatic carbocycles. The standard InChI is InChI=1S/C14H15N3O3S/c1-16-8-10(12(15-16)11-3-2-6-21-11)13(18)17-5-4-9(7-17)14(19)20/h2-3,6,8-9H,4-5,7H2,1H3,(H,19,20). The van der Waals surface area contributed by atoms with Gasteiger partial charge >= 0.3 is 5.97 Å². The van der Waals surface area contributed by atoms with Gasteiger partial charge in [-0.05, 0) is 17.9 Å². The SMILES string of the molecule is Cn1cc(C(=O)N2CCC(C(=O)O)C2)c(-c2cccs2)n1. The maximum atomic E-state index is 12.6. The minimum atomic E-state index is -0.838. The Morgan fingerprint density at radius 1 is 1.48 bits per heavy atom.